The van der Waals surface area contributed by atoms with E-state index in [1.54, 1.807) is 12.1 Å². The first-order valence-corrected chi connectivity index (χ1v) is 11.4. The van der Waals surface area contributed by atoms with Gasteiger partial charge in [0.25, 0.3) is 11.8 Å². The summed E-state index contributed by atoms with van der Waals surface area (Å²) < 4.78 is 41.7. The Kier molecular flexibility index (Phi) is 5.20. The van der Waals surface area contributed by atoms with Crippen molar-refractivity contribution in [3.8, 4) is 0 Å². The number of anilines is 1. The number of halogens is 3. The summed E-state index contributed by atoms with van der Waals surface area (Å²) in [5, 5.41) is 0. The van der Waals surface area contributed by atoms with Crippen LogP contribution in [0.25, 0.3) is 0 Å². The summed E-state index contributed by atoms with van der Waals surface area (Å²) in [6.07, 6.45) is 0. The van der Waals surface area contributed by atoms with Crippen LogP contribution in [0.1, 0.15) is 27.0 Å². The van der Waals surface area contributed by atoms with Crippen molar-refractivity contribution < 1.29 is 22.8 Å². The third-order valence-electron chi connectivity index (χ3n) is 6.02. The number of carbonyl (C=O) groups is 2. The molecule has 0 aliphatic carbocycles. The van der Waals surface area contributed by atoms with E-state index in [4.69, 9.17) is 0 Å². The van der Waals surface area contributed by atoms with Crippen LogP contribution in [0, 0.1) is 24.4 Å². The monoisotopic (exact) mass is 468 g/mol. The van der Waals surface area contributed by atoms with Crippen LogP contribution < -0.4 is 4.90 Å². The van der Waals surface area contributed by atoms with Gasteiger partial charge in [-0.05, 0) is 42.8 Å². The summed E-state index contributed by atoms with van der Waals surface area (Å²) in [4.78, 5) is 28.9. The molecule has 2 heterocycles. The normalized spacial score (nSPS) is 19.5. The zero-order valence-corrected chi connectivity index (χ0v) is 18.5. The van der Waals surface area contributed by atoms with Gasteiger partial charge < -0.3 is 9.80 Å². The Morgan fingerprint density at radius 1 is 1.00 bits per heavy atom. The van der Waals surface area contributed by atoms with Gasteiger partial charge in [0.05, 0.1) is 17.8 Å². The van der Waals surface area contributed by atoms with Crippen LogP contribution in [0.15, 0.2) is 60.7 Å². The first-order chi connectivity index (χ1) is 15.8. The first kappa shape index (κ1) is 21.6. The molecule has 168 valence electrons. The molecule has 1 saturated heterocycles. The maximum atomic E-state index is 14.4. The summed E-state index contributed by atoms with van der Waals surface area (Å²) in [6.45, 7) is 2.17. The molecular formula is C25H19F3N2O2S. The van der Waals surface area contributed by atoms with Gasteiger partial charge >= 0.3 is 0 Å². The highest BCUT2D eigenvalue weighted by Gasteiger charge is 2.59. The highest BCUT2D eigenvalue weighted by molar-refractivity contribution is 8.01. The van der Waals surface area contributed by atoms with Crippen LogP contribution in [0.3, 0.4) is 0 Å². The lowest BCUT2D eigenvalue weighted by Crippen LogP contribution is -2.50. The van der Waals surface area contributed by atoms with Gasteiger partial charge in [-0.2, -0.15) is 0 Å². The second kappa shape index (κ2) is 7.95. The standard InChI is InChI=1S/C25H19F3N2O2S/c1-15-6-9-22-18(12-15)25(24(32)29(22)14-16-7-8-20(27)21(28)13-16)30(10-11-33-25)23(31)17-4-2-3-5-19(17)26/h2-9,12-13H,10-11,14H2,1H3/t25-/m0/s1. The molecule has 3 aromatic rings. The zero-order valence-electron chi connectivity index (χ0n) is 17.6. The Labute approximate surface area is 193 Å². The molecule has 0 N–H and O–H groups in total. The third-order valence-corrected chi connectivity index (χ3v) is 7.44. The fourth-order valence-corrected chi connectivity index (χ4v) is 5.94. The number of benzene rings is 3. The fraction of sp³-hybridized carbons (Fsp3) is 0.200. The van der Waals surface area contributed by atoms with E-state index in [2.05, 4.69) is 0 Å². The predicted molar refractivity (Wildman–Crippen MR) is 120 cm³/mol. The van der Waals surface area contributed by atoms with Crippen molar-refractivity contribution in [2.75, 3.05) is 17.2 Å². The van der Waals surface area contributed by atoms with Crippen LogP contribution >= 0.6 is 11.8 Å². The lowest BCUT2D eigenvalue weighted by Gasteiger charge is -2.33. The van der Waals surface area contributed by atoms with Crippen molar-refractivity contribution in [2.24, 2.45) is 0 Å². The van der Waals surface area contributed by atoms with Crippen molar-refractivity contribution in [2.45, 2.75) is 18.3 Å². The summed E-state index contributed by atoms with van der Waals surface area (Å²) in [6, 6.07) is 14.7. The van der Waals surface area contributed by atoms with E-state index in [1.807, 2.05) is 19.1 Å². The van der Waals surface area contributed by atoms with Crippen LogP contribution in [0.5, 0.6) is 0 Å². The van der Waals surface area contributed by atoms with Crippen molar-refractivity contribution in [3.05, 3.63) is 100 Å². The molecule has 5 rings (SSSR count). The Hall–Kier alpha value is -3.26. The molecule has 0 bridgehead atoms. The van der Waals surface area contributed by atoms with Crippen molar-refractivity contribution in [1.29, 1.82) is 0 Å². The summed E-state index contributed by atoms with van der Waals surface area (Å²) >= 11 is 1.33. The number of thioether (sulfide) groups is 1. The molecule has 0 aromatic heterocycles. The number of fused-ring (bicyclic) bond motifs is 2. The molecule has 2 amide bonds. The molecule has 2 aliphatic heterocycles. The third kappa shape index (κ3) is 3.31. The summed E-state index contributed by atoms with van der Waals surface area (Å²) in [5.41, 5.74) is 2.46. The van der Waals surface area contributed by atoms with Crippen LogP contribution in [-0.4, -0.2) is 29.0 Å². The molecule has 8 heteroatoms. The molecule has 0 radical (unpaired) electrons. The van der Waals surface area contributed by atoms with Gasteiger partial charge in [0, 0.05) is 17.9 Å². The number of hydrogen-bond acceptors (Lipinski definition) is 3. The maximum absolute atomic E-state index is 14.4. The van der Waals surface area contributed by atoms with E-state index in [9.17, 15) is 22.8 Å². The van der Waals surface area contributed by atoms with Gasteiger partial charge in [0.2, 0.25) is 0 Å². The van der Waals surface area contributed by atoms with Crippen molar-refractivity contribution in [3.63, 3.8) is 0 Å². The number of carbonyl (C=O) groups excluding carboxylic acids is 2. The van der Waals surface area contributed by atoms with Gasteiger partial charge in [0.1, 0.15) is 5.82 Å². The van der Waals surface area contributed by atoms with E-state index < -0.39 is 28.2 Å². The molecule has 33 heavy (non-hydrogen) atoms. The average Bonchev–Trinajstić information content (AvgIpc) is 3.33. The molecular weight excluding hydrogens is 449 g/mol. The molecule has 3 aromatic carbocycles. The minimum Gasteiger partial charge on any atom is -0.311 e. The lowest BCUT2D eigenvalue weighted by atomic mass is 10.0. The van der Waals surface area contributed by atoms with Crippen LogP contribution in [0.2, 0.25) is 0 Å². The molecule has 0 saturated carbocycles. The first-order valence-electron chi connectivity index (χ1n) is 10.4. The fourth-order valence-electron chi connectivity index (χ4n) is 4.49. The maximum Gasteiger partial charge on any atom is 0.268 e. The second-order valence-electron chi connectivity index (χ2n) is 8.09. The van der Waals surface area contributed by atoms with Gasteiger partial charge in [-0.3, -0.25) is 9.59 Å². The molecule has 2 aliphatic rings. The Bertz CT molecular complexity index is 1300. The number of aryl methyl sites for hydroxylation is 1. The summed E-state index contributed by atoms with van der Waals surface area (Å²) in [5.74, 6) is -3.04. The minimum atomic E-state index is -1.35. The zero-order chi connectivity index (χ0) is 23.3. The van der Waals surface area contributed by atoms with Gasteiger partial charge in [-0.1, -0.05) is 35.9 Å². The van der Waals surface area contributed by atoms with Crippen molar-refractivity contribution >= 4 is 29.3 Å². The molecule has 4 nitrogen and oxygen atoms in total. The number of nitrogens with zero attached hydrogens (tertiary/aromatic N) is 2. The van der Waals surface area contributed by atoms with Gasteiger partial charge in [-0.25, -0.2) is 13.2 Å². The largest absolute Gasteiger partial charge is 0.311 e. The number of rotatable bonds is 3. The smallest absolute Gasteiger partial charge is 0.268 e. The Morgan fingerprint density at radius 3 is 2.55 bits per heavy atom. The van der Waals surface area contributed by atoms with Crippen LogP contribution in [-0.2, 0) is 16.2 Å². The van der Waals surface area contributed by atoms with Gasteiger partial charge in [-0.15, -0.1) is 11.8 Å². The quantitative estimate of drug-likeness (QED) is 0.543. The molecule has 1 fully saturated rings. The van der Waals surface area contributed by atoms with E-state index in [0.29, 0.717) is 22.6 Å². The van der Waals surface area contributed by atoms with Gasteiger partial charge in [0.15, 0.2) is 16.5 Å². The average molecular weight is 469 g/mol. The SMILES string of the molecule is Cc1ccc2c(c1)[C@]1(SCCN1C(=O)c1ccccc1F)C(=O)N2Cc1ccc(F)c(F)c1. The van der Waals surface area contributed by atoms with E-state index in [0.717, 1.165) is 17.7 Å². The Morgan fingerprint density at radius 2 is 1.79 bits per heavy atom. The van der Waals surface area contributed by atoms with E-state index in [-0.39, 0.29) is 24.6 Å². The Balaban J connectivity index is 1.61. The van der Waals surface area contributed by atoms with E-state index >= 15 is 0 Å². The highest BCUT2D eigenvalue weighted by atomic mass is 32.2. The highest BCUT2D eigenvalue weighted by Crippen LogP contribution is 2.55. The molecule has 1 atom stereocenters. The second-order valence-corrected chi connectivity index (χ2v) is 9.38. The molecule has 0 unspecified atom stereocenters. The number of hydrogen-bond donors (Lipinski definition) is 0. The lowest BCUT2D eigenvalue weighted by molar-refractivity contribution is -0.123. The van der Waals surface area contributed by atoms with Crippen LogP contribution in [0.4, 0.5) is 18.9 Å². The van der Waals surface area contributed by atoms with E-state index in [1.165, 1.54) is 45.8 Å². The van der Waals surface area contributed by atoms with Crippen molar-refractivity contribution in [1.82, 2.24) is 4.90 Å². The topological polar surface area (TPSA) is 40.6 Å². The summed E-state index contributed by atoms with van der Waals surface area (Å²) in [7, 11) is 0. The number of amides is 2. The predicted octanol–water partition coefficient (Wildman–Crippen LogP) is 5.00. The minimum absolute atomic E-state index is 0.0101. The molecule has 1 spiro atoms.